The number of ether oxygens (including phenoxy) is 3. The largest absolute Gasteiger partial charge is 0.461 e. The summed E-state index contributed by atoms with van der Waals surface area (Å²) in [6.45, 7) is 7.75. The topological polar surface area (TPSA) is 127 Å². The summed E-state index contributed by atoms with van der Waals surface area (Å²) >= 11 is 0. The van der Waals surface area contributed by atoms with Crippen LogP contribution in [0.5, 0.6) is 6.01 Å². The highest BCUT2D eigenvalue weighted by Crippen LogP contribution is 2.44. The van der Waals surface area contributed by atoms with Gasteiger partial charge in [-0.1, -0.05) is 13.8 Å². The van der Waals surface area contributed by atoms with Gasteiger partial charge < -0.3 is 24.4 Å². The second kappa shape index (κ2) is 11.4. The molecule has 0 radical (unpaired) electrons. The zero-order valence-corrected chi connectivity index (χ0v) is 21.6. The number of hydrogen-bond donors (Lipinski definition) is 2. The van der Waals surface area contributed by atoms with E-state index in [1.54, 1.807) is 19.4 Å². The molecule has 11 heteroatoms. The first-order chi connectivity index (χ1) is 18.2. The average molecular weight is 510 g/mol. The van der Waals surface area contributed by atoms with Gasteiger partial charge in [-0.3, -0.25) is 9.89 Å². The second-order valence-corrected chi connectivity index (χ2v) is 9.37. The van der Waals surface area contributed by atoms with E-state index in [-0.39, 0.29) is 18.0 Å². The Balaban J connectivity index is 0.00000137. The van der Waals surface area contributed by atoms with Gasteiger partial charge in [-0.15, -0.1) is 0 Å². The summed E-state index contributed by atoms with van der Waals surface area (Å²) in [7, 11) is 1.61. The third-order valence-electron chi connectivity index (χ3n) is 7.28. The fraction of sp³-hybridized carbons (Fsp3) is 0.577. The molecule has 2 aliphatic heterocycles. The van der Waals surface area contributed by atoms with Crippen molar-refractivity contribution < 1.29 is 19.0 Å². The van der Waals surface area contributed by atoms with E-state index in [2.05, 4.69) is 41.4 Å². The van der Waals surface area contributed by atoms with Gasteiger partial charge in [0.25, 0.3) is 5.91 Å². The zero-order valence-electron chi connectivity index (χ0n) is 21.6. The average Bonchev–Trinajstić information content (AvgIpc) is 3.29. The van der Waals surface area contributed by atoms with Gasteiger partial charge in [0, 0.05) is 67.3 Å². The number of carbonyl (C=O) groups is 1. The number of anilines is 1. The summed E-state index contributed by atoms with van der Waals surface area (Å²) < 4.78 is 16.2. The van der Waals surface area contributed by atoms with Crippen LogP contribution in [0.1, 0.15) is 48.8 Å². The number of aromatic amines is 1. The number of rotatable bonds is 8. The molecule has 1 amide bonds. The minimum atomic E-state index is -0.198. The Morgan fingerprint density at radius 2 is 1.97 bits per heavy atom. The molecular formula is C26H35N7O4. The maximum absolute atomic E-state index is 13.0. The number of nitrogens with one attached hydrogen (secondary N) is 2. The molecule has 6 rings (SSSR count). The van der Waals surface area contributed by atoms with Gasteiger partial charge in [0.2, 0.25) is 0 Å². The normalized spacial score (nSPS) is 22.8. The van der Waals surface area contributed by atoms with Crippen molar-refractivity contribution in [1.29, 1.82) is 0 Å². The molecule has 1 saturated carbocycles. The molecule has 5 heterocycles. The Morgan fingerprint density at radius 3 is 2.73 bits per heavy atom. The number of piperidine rings is 1. The quantitative estimate of drug-likeness (QED) is 0.440. The molecule has 2 atom stereocenters. The molecule has 37 heavy (non-hydrogen) atoms. The van der Waals surface area contributed by atoms with Crippen molar-refractivity contribution >= 4 is 22.8 Å². The van der Waals surface area contributed by atoms with Gasteiger partial charge in [-0.05, 0) is 25.0 Å². The molecule has 0 spiro atoms. The van der Waals surface area contributed by atoms with E-state index >= 15 is 0 Å². The minimum absolute atomic E-state index is 0.169. The van der Waals surface area contributed by atoms with Gasteiger partial charge in [-0.2, -0.15) is 15.1 Å². The van der Waals surface area contributed by atoms with Crippen LogP contribution in [0.25, 0.3) is 11.0 Å². The Bertz CT molecular complexity index is 1200. The van der Waals surface area contributed by atoms with Crippen LogP contribution in [-0.4, -0.2) is 83.7 Å². The lowest BCUT2D eigenvalue weighted by Crippen LogP contribution is -2.35. The lowest BCUT2D eigenvalue weighted by Gasteiger charge is -2.32. The Hall–Kier alpha value is -3.31. The van der Waals surface area contributed by atoms with Crippen LogP contribution >= 0.6 is 0 Å². The van der Waals surface area contributed by atoms with Gasteiger partial charge >= 0.3 is 6.01 Å². The predicted molar refractivity (Wildman–Crippen MR) is 138 cm³/mol. The van der Waals surface area contributed by atoms with Crippen molar-refractivity contribution in [2.75, 3.05) is 51.5 Å². The van der Waals surface area contributed by atoms with Crippen molar-refractivity contribution in [1.82, 2.24) is 30.5 Å². The molecule has 198 valence electrons. The fourth-order valence-electron chi connectivity index (χ4n) is 5.23. The Morgan fingerprint density at radius 1 is 1.19 bits per heavy atom. The molecule has 0 bridgehead atoms. The maximum Gasteiger partial charge on any atom is 0.319 e. The molecule has 3 aromatic rings. The van der Waals surface area contributed by atoms with E-state index in [4.69, 9.17) is 14.2 Å². The predicted octanol–water partition coefficient (Wildman–Crippen LogP) is 2.56. The van der Waals surface area contributed by atoms with Crippen LogP contribution in [0, 0.1) is 11.8 Å². The molecule has 1 aliphatic carbocycles. The molecule has 0 aromatic carbocycles. The van der Waals surface area contributed by atoms with Crippen molar-refractivity contribution in [2.45, 2.75) is 38.6 Å². The highest BCUT2D eigenvalue weighted by molar-refractivity contribution is 5.93. The first kappa shape index (κ1) is 25.3. The highest BCUT2D eigenvalue weighted by Gasteiger charge is 2.54. The van der Waals surface area contributed by atoms with Crippen molar-refractivity contribution in [3.63, 3.8) is 0 Å². The first-order valence-corrected chi connectivity index (χ1v) is 13.1. The molecule has 3 aliphatic rings. The van der Waals surface area contributed by atoms with Crippen molar-refractivity contribution in [3.8, 4) is 6.01 Å². The van der Waals surface area contributed by atoms with Crippen LogP contribution in [0.15, 0.2) is 24.4 Å². The van der Waals surface area contributed by atoms with Crippen molar-refractivity contribution in [3.05, 3.63) is 35.8 Å². The summed E-state index contributed by atoms with van der Waals surface area (Å²) in [5.41, 5.74) is 2.21. The number of aromatic nitrogens is 5. The summed E-state index contributed by atoms with van der Waals surface area (Å²) in [6, 6.07) is 6.13. The number of hydrogen-bond acceptors (Lipinski definition) is 9. The Labute approximate surface area is 216 Å². The van der Waals surface area contributed by atoms with Crippen LogP contribution in [-0.2, 0) is 9.47 Å². The summed E-state index contributed by atoms with van der Waals surface area (Å²) in [5.74, 6) is 1.71. The lowest BCUT2D eigenvalue weighted by atomic mass is 9.92. The highest BCUT2D eigenvalue weighted by atomic mass is 16.5. The lowest BCUT2D eigenvalue weighted by molar-refractivity contribution is 0.0921. The van der Waals surface area contributed by atoms with E-state index < -0.39 is 0 Å². The second-order valence-electron chi connectivity index (χ2n) is 9.37. The SMILES string of the molecule is CC.COCCOc1nc(C(=O)NC2C3COCC32)cc(N2CCC(c3[nH]nc4ncccc34)CC2)n1. The number of fused-ring (bicyclic) bond motifs is 2. The standard InChI is InChI=1S/C24H29N7O4.C2H6/c1-33-9-10-35-24-26-18(23(32)28-21-16-12-34-13-17(16)21)11-19(27-24)31-7-4-14(5-8-31)20-15-3-2-6-25-22(15)30-29-20;1-2/h2-3,6,11,14,16-17,21H,4-5,7-10,12-13H2,1H3,(H,28,32)(H,25,29,30);1-2H3. The fourth-order valence-corrected chi connectivity index (χ4v) is 5.23. The Kier molecular flexibility index (Phi) is 7.80. The van der Waals surface area contributed by atoms with E-state index in [1.165, 1.54) is 0 Å². The van der Waals surface area contributed by atoms with Crippen LogP contribution in [0.4, 0.5) is 5.82 Å². The molecule has 2 saturated heterocycles. The third kappa shape index (κ3) is 5.37. The number of methoxy groups -OCH3 is 1. The van der Waals surface area contributed by atoms with Gasteiger partial charge in [0.15, 0.2) is 5.65 Å². The van der Waals surface area contributed by atoms with Crippen LogP contribution < -0.4 is 15.0 Å². The number of H-pyrrole nitrogens is 1. The molecule has 3 fully saturated rings. The zero-order chi connectivity index (χ0) is 25.8. The summed E-state index contributed by atoms with van der Waals surface area (Å²) in [4.78, 5) is 28.5. The van der Waals surface area contributed by atoms with Gasteiger partial charge in [-0.25, -0.2) is 4.98 Å². The van der Waals surface area contributed by atoms with Crippen LogP contribution in [0.2, 0.25) is 0 Å². The number of amides is 1. The number of pyridine rings is 1. The van der Waals surface area contributed by atoms with Gasteiger partial charge in [0.05, 0.1) is 19.8 Å². The molecule has 11 nitrogen and oxygen atoms in total. The molecule has 2 N–H and O–H groups in total. The molecule has 2 unspecified atom stereocenters. The van der Waals surface area contributed by atoms with Crippen LogP contribution in [0.3, 0.4) is 0 Å². The summed E-state index contributed by atoms with van der Waals surface area (Å²) in [5, 5.41) is 11.7. The number of carbonyl (C=O) groups excluding carboxylic acids is 1. The van der Waals surface area contributed by atoms with E-state index in [0.29, 0.717) is 55.7 Å². The molecule has 3 aromatic heterocycles. The van der Waals surface area contributed by atoms with Gasteiger partial charge in [0.1, 0.15) is 18.1 Å². The van der Waals surface area contributed by atoms with E-state index in [1.807, 2.05) is 19.9 Å². The minimum Gasteiger partial charge on any atom is -0.461 e. The van der Waals surface area contributed by atoms with E-state index in [9.17, 15) is 4.79 Å². The number of nitrogens with zero attached hydrogens (tertiary/aromatic N) is 5. The smallest absolute Gasteiger partial charge is 0.319 e. The third-order valence-corrected chi connectivity index (χ3v) is 7.28. The first-order valence-electron chi connectivity index (χ1n) is 13.1. The molecular weight excluding hydrogens is 474 g/mol. The monoisotopic (exact) mass is 509 g/mol. The summed E-state index contributed by atoms with van der Waals surface area (Å²) in [6.07, 6.45) is 3.63. The van der Waals surface area contributed by atoms with Crippen molar-refractivity contribution in [2.24, 2.45) is 11.8 Å². The maximum atomic E-state index is 13.0. The van der Waals surface area contributed by atoms with E-state index in [0.717, 1.165) is 42.7 Å².